The van der Waals surface area contributed by atoms with E-state index in [4.69, 9.17) is 4.74 Å². The van der Waals surface area contributed by atoms with Gasteiger partial charge in [-0.1, -0.05) is 42.0 Å². The summed E-state index contributed by atoms with van der Waals surface area (Å²) in [6.07, 6.45) is 0.343. The molecule has 0 atom stereocenters. The molecule has 0 saturated carbocycles. The van der Waals surface area contributed by atoms with Crippen molar-refractivity contribution < 1.29 is 9.53 Å². The van der Waals surface area contributed by atoms with Gasteiger partial charge in [-0.3, -0.25) is 4.79 Å². The van der Waals surface area contributed by atoms with E-state index < -0.39 is 0 Å². The number of amides is 1. The first-order valence-electron chi connectivity index (χ1n) is 10.9. The largest absolute Gasteiger partial charge is 0.497 e. The molecule has 0 N–H and O–H groups in total. The maximum absolute atomic E-state index is 13.3. The topological polar surface area (TPSA) is 32.8 Å². The SMILES string of the molecule is CCN(CC)c1ccc(CN(C(=O)Cc2ccc(OC)cc2)c2ccc(C)cc2)cc1. The van der Waals surface area contributed by atoms with E-state index in [1.54, 1.807) is 7.11 Å². The molecule has 0 fully saturated rings. The number of hydrogen-bond acceptors (Lipinski definition) is 3. The molecule has 0 aliphatic rings. The molecule has 0 unspecified atom stereocenters. The number of methoxy groups -OCH3 is 1. The Bertz CT molecular complexity index is 960. The van der Waals surface area contributed by atoms with Gasteiger partial charge in [0.05, 0.1) is 20.1 Å². The molecular weight excluding hydrogens is 384 g/mol. The summed E-state index contributed by atoms with van der Waals surface area (Å²) in [6, 6.07) is 24.3. The summed E-state index contributed by atoms with van der Waals surface area (Å²) >= 11 is 0. The van der Waals surface area contributed by atoms with Crippen LogP contribution in [-0.2, 0) is 17.8 Å². The molecule has 0 saturated heterocycles. The molecule has 31 heavy (non-hydrogen) atoms. The second-order valence-corrected chi connectivity index (χ2v) is 7.68. The van der Waals surface area contributed by atoms with Gasteiger partial charge in [-0.05, 0) is 68.3 Å². The van der Waals surface area contributed by atoms with E-state index in [0.29, 0.717) is 13.0 Å². The van der Waals surface area contributed by atoms with Crippen molar-refractivity contribution in [2.75, 3.05) is 30.0 Å². The molecule has 0 aromatic heterocycles. The highest BCUT2D eigenvalue weighted by atomic mass is 16.5. The Morgan fingerprint density at radius 3 is 1.87 bits per heavy atom. The van der Waals surface area contributed by atoms with Crippen molar-refractivity contribution >= 4 is 17.3 Å². The van der Waals surface area contributed by atoms with Gasteiger partial charge in [0, 0.05) is 24.5 Å². The number of carbonyl (C=O) groups excluding carboxylic acids is 1. The summed E-state index contributed by atoms with van der Waals surface area (Å²) in [4.78, 5) is 17.5. The predicted molar refractivity (Wildman–Crippen MR) is 129 cm³/mol. The van der Waals surface area contributed by atoms with E-state index >= 15 is 0 Å². The molecule has 4 nitrogen and oxygen atoms in total. The number of rotatable bonds is 9. The van der Waals surface area contributed by atoms with Crippen LogP contribution in [0.25, 0.3) is 0 Å². The van der Waals surface area contributed by atoms with E-state index in [9.17, 15) is 4.79 Å². The molecule has 1 amide bonds. The number of nitrogens with zero attached hydrogens (tertiary/aromatic N) is 2. The minimum Gasteiger partial charge on any atom is -0.497 e. The lowest BCUT2D eigenvalue weighted by Gasteiger charge is -2.25. The first-order valence-corrected chi connectivity index (χ1v) is 10.9. The molecule has 0 aliphatic heterocycles. The highest BCUT2D eigenvalue weighted by Crippen LogP contribution is 2.22. The Balaban J connectivity index is 1.82. The molecule has 4 heteroatoms. The number of carbonyl (C=O) groups is 1. The molecule has 0 aliphatic carbocycles. The van der Waals surface area contributed by atoms with E-state index in [2.05, 4.69) is 49.9 Å². The van der Waals surface area contributed by atoms with E-state index in [0.717, 1.165) is 35.7 Å². The highest BCUT2D eigenvalue weighted by molar-refractivity contribution is 5.94. The van der Waals surface area contributed by atoms with Crippen molar-refractivity contribution in [2.45, 2.75) is 33.7 Å². The average Bonchev–Trinajstić information content (AvgIpc) is 2.80. The van der Waals surface area contributed by atoms with Gasteiger partial charge < -0.3 is 14.5 Å². The third kappa shape index (κ3) is 5.88. The van der Waals surface area contributed by atoms with E-state index in [1.165, 1.54) is 11.3 Å². The van der Waals surface area contributed by atoms with Crippen LogP contribution in [0, 0.1) is 6.92 Å². The Morgan fingerprint density at radius 2 is 1.32 bits per heavy atom. The Kier molecular flexibility index (Phi) is 7.71. The monoisotopic (exact) mass is 416 g/mol. The van der Waals surface area contributed by atoms with Crippen LogP contribution < -0.4 is 14.5 Å². The summed E-state index contributed by atoms with van der Waals surface area (Å²) in [5.74, 6) is 0.863. The van der Waals surface area contributed by atoms with E-state index in [-0.39, 0.29) is 5.91 Å². The summed E-state index contributed by atoms with van der Waals surface area (Å²) in [6.45, 7) is 8.87. The van der Waals surface area contributed by atoms with Crippen molar-refractivity contribution in [1.29, 1.82) is 0 Å². The van der Waals surface area contributed by atoms with Crippen LogP contribution in [-0.4, -0.2) is 26.1 Å². The Morgan fingerprint density at radius 1 is 0.774 bits per heavy atom. The zero-order chi connectivity index (χ0) is 22.2. The third-order valence-corrected chi connectivity index (χ3v) is 5.57. The van der Waals surface area contributed by atoms with Gasteiger partial charge in [-0.25, -0.2) is 0 Å². The number of benzene rings is 3. The van der Waals surface area contributed by atoms with E-state index in [1.807, 2.05) is 53.4 Å². The first-order chi connectivity index (χ1) is 15.0. The van der Waals surface area contributed by atoms with Crippen LogP contribution in [0.3, 0.4) is 0 Å². The normalized spacial score (nSPS) is 10.6. The average molecular weight is 417 g/mol. The minimum atomic E-state index is 0.0711. The van der Waals surface area contributed by atoms with Gasteiger partial charge in [0.2, 0.25) is 5.91 Å². The van der Waals surface area contributed by atoms with Crippen molar-refractivity contribution in [2.24, 2.45) is 0 Å². The fourth-order valence-corrected chi connectivity index (χ4v) is 3.65. The zero-order valence-electron chi connectivity index (χ0n) is 19.0. The van der Waals surface area contributed by atoms with Crippen LogP contribution in [0.2, 0.25) is 0 Å². The van der Waals surface area contributed by atoms with Crippen LogP contribution in [0.15, 0.2) is 72.8 Å². The maximum atomic E-state index is 13.3. The smallest absolute Gasteiger partial charge is 0.231 e. The van der Waals surface area contributed by atoms with Crippen molar-refractivity contribution in [1.82, 2.24) is 0 Å². The molecule has 0 bridgehead atoms. The fraction of sp³-hybridized carbons (Fsp3) is 0.296. The molecule has 3 aromatic rings. The molecule has 3 aromatic carbocycles. The summed E-state index contributed by atoms with van der Waals surface area (Å²) in [7, 11) is 1.64. The quantitative estimate of drug-likeness (QED) is 0.453. The Hall–Kier alpha value is -3.27. The summed E-state index contributed by atoms with van der Waals surface area (Å²) in [5, 5.41) is 0. The zero-order valence-corrected chi connectivity index (χ0v) is 19.0. The summed E-state index contributed by atoms with van der Waals surface area (Å²) < 4.78 is 5.22. The molecule has 0 heterocycles. The predicted octanol–water partition coefficient (Wildman–Crippen LogP) is 5.63. The van der Waals surface area contributed by atoms with Gasteiger partial charge in [0.25, 0.3) is 0 Å². The lowest BCUT2D eigenvalue weighted by Crippen LogP contribution is -2.31. The van der Waals surface area contributed by atoms with Crippen LogP contribution in [0.1, 0.15) is 30.5 Å². The van der Waals surface area contributed by atoms with Gasteiger partial charge >= 0.3 is 0 Å². The van der Waals surface area contributed by atoms with Gasteiger partial charge in [0.15, 0.2) is 0 Å². The molecule has 3 rings (SSSR count). The molecule has 0 spiro atoms. The molecule has 0 radical (unpaired) electrons. The van der Waals surface area contributed by atoms with Crippen molar-refractivity contribution in [3.8, 4) is 5.75 Å². The van der Waals surface area contributed by atoms with Gasteiger partial charge in [-0.2, -0.15) is 0 Å². The lowest BCUT2D eigenvalue weighted by molar-refractivity contribution is -0.118. The van der Waals surface area contributed by atoms with Crippen LogP contribution >= 0.6 is 0 Å². The minimum absolute atomic E-state index is 0.0711. The van der Waals surface area contributed by atoms with Crippen molar-refractivity contribution in [3.63, 3.8) is 0 Å². The molecule has 162 valence electrons. The number of aryl methyl sites for hydroxylation is 1. The second-order valence-electron chi connectivity index (χ2n) is 7.68. The number of anilines is 2. The Labute approximate surface area is 186 Å². The number of hydrogen-bond donors (Lipinski definition) is 0. The molecular formula is C27H32N2O2. The maximum Gasteiger partial charge on any atom is 0.231 e. The second kappa shape index (κ2) is 10.7. The van der Waals surface area contributed by atoms with Crippen molar-refractivity contribution in [3.05, 3.63) is 89.5 Å². The van der Waals surface area contributed by atoms with Crippen LogP contribution in [0.5, 0.6) is 5.75 Å². The summed E-state index contributed by atoms with van der Waals surface area (Å²) in [5.41, 5.74) is 5.38. The highest BCUT2D eigenvalue weighted by Gasteiger charge is 2.17. The standard InChI is InChI=1S/C27H32N2O2/c1-5-28(6-2)24-15-9-23(10-16-24)20-29(25-13-7-21(3)8-14-25)27(30)19-22-11-17-26(31-4)18-12-22/h7-18H,5-6,19-20H2,1-4H3. The van der Waals surface area contributed by atoms with Crippen LogP contribution in [0.4, 0.5) is 11.4 Å². The number of ether oxygens (including phenoxy) is 1. The third-order valence-electron chi connectivity index (χ3n) is 5.57. The van der Waals surface area contributed by atoms with Gasteiger partial charge in [-0.15, -0.1) is 0 Å². The van der Waals surface area contributed by atoms with Gasteiger partial charge in [0.1, 0.15) is 5.75 Å². The lowest BCUT2D eigenvalue weighted by atomic mass is 10.1. The fourth-order valence-electron chi connectivity index (χ4n) is 3.65. The first kappa shape index (κ1) is 22.4.